The van der Waals surface area contributed by atoms with E-state index in [4.69, 9.17) is 14.2 Å². The first-order valence-corrected chi connectivity index (χ1v) is 8.95. The lowest BCUT2D eigenvalue weighted by Crippen LogP contribution is -2.28. The number of fused-ring (bicyclic) bond motifs is 2. The smallest absolute Gasteiger partial charge is 0.280 e. The summed E-state index contributed by atoms with van der Waals surface area (Å²) in [5.74, 6) is -1.14. The van der Waals surface area contributed by atoms with Crippen LogP contribution in [-0.2, 0) is 19.0 Å². The predicted octanol–water partition coefficient (Wildman–Crippen LogP) is 1.15. The third-order valence-electron chi connectivity index (χ3n) is 4.73. The van der Waals surface area contributed by atoms with Gasteiger partial charge < -0.3 is 14.2 Å². The summed E-state index contributed by atoms with van der Waals surface area (Å²) < 4.78 is 19.6. The number of anilines is 1. The van der Waals surface area contributed by atoms with Gasteiger partial charge in [-0.1, -0.05) is 13.8 Å². The van der Waals surface area contributed by atoms with E-state index in [1.54, 1.807) is 18.4 Å². The van der Waals surface area contributed by atoms with Gasteiger partial charge in [0.1, 0.15) is 12.2 Å². The number of carbonyl (C=O) groups excluding carboxylic acids is 1. The van der Waals surface area contributed by atoms with Gasteiger partial charge in [-0.2, -0.15) is 4.98 Å². The number of hydrogen-bond acceptors (Lipinski definition) is 7. The molecule has 0 radical (unpaired) electrons. The Bertz CT molecular complexity index is 949. The van der Waals surface area contributed by atoms with Crippen LogP contribution in [0.5, 0.6) is 0 Å². The highest BCUT2D eigenvalue weighted by Crippen LogP contribution is 2.43. The fraction of sp³-hybridized carbons (Fsp3) is 0.647. The van der Waals surface area contributed by atoms with E-state index in [0.717, 1.165) is 0 Å². The van der Waals surface area contributed by atoms with E-state index in [-0.39, 0.29) is 41.6 Å². The molecule has 0 unspecified atom stereocenters. The van der Waals surface area contributed by atoms with Crippen molar-refractivity contribution in [3.63, 3.8) is 0 Å². The predicted molar refractivity (Wildman–Crippen MR) is 95.0 cm³/mol. The zero-order chi connectivity index (χ0) is 19.5. The monoisotopic (exact) mass is 377 g/mol. The van der Waals surface area contributed by atoms with Gasteiger partial charge in [-0.3, -0.25) is 24.5 Å². The fourth-order valence-corrected chi connectivity index (χ4v) is 3.43. The first kappa shape index (κ1) is 18.1. The number of ether oxygens (including phenoxy) is 3. The Morgan fingerprint density at radius 3 is 2.74 bits per heavy atom. The van der Waals surface area contributed by atoms with Crippen LogP contribution in [0.25, 0.3) is 11.2 Å². The summed E-state index contributed by atoms with van der Waals surface area (Å²) in [5, 5.41) is 2.61. The van der Waals surface area contributed by atoms with Crippen molar-refractivity contribution in [1.29, 1.82) is 0 Å². The lowest BCUT2D eigenvalue weighted by molar-refractivity contribution is -0.194. The number of H-pyrrole nitrogens is 1. The minimum atomic E-state index is -0.719. The van der Waals surface area contributed by atoms with Crippen LogP contribution in [0.4, 0.5) is 5.95 Å². The Morgan fingerprint density at radius 1 is 1.33 bits per heavy atom. The molecule has 0 saturated carbocycles. The number of rotatable bonds is 3. The van der Waals surface area contributed by atoms with Gasteiger partial charge in [0.15, 0.2) is 23.2 Å². The number of carbonyl (C=O) groups is 1. The first-order chi connectivity index (χ1) is 12.7. The van der Waals surface area contributed by atoms with E-state index in [0.29, 0.717) is 5.65 Å². The summed E-state index contributed by atoms with van der Waals surface area (Å²) in [6.07, 6.45) is 0.169. The van der Waals surface area contributed by atoms with Crippen LogP contribution < -0.4 is 10.9 Å². The van der Waals surface area contributed by atoms with Crippen LogP contribution in [0, 0.1) is 5.92 Å². The molecule has 2 saturated heterocycles. The molecule has 0 spiro atoms. The van der Waals surface area contributed by atoms with Crippen molar-refractivity contribution in [1.82, 2.24) is 19.5 Å². The Balaban J connectivity index is 1.73. The maximum absolute atomic E-state index is 12.4. The van der Waals surface area contributed by atoms with Crippen LogP contribution in [0.15, 0.2) is 11.1 Å². The van der Waals surface area contributed by atoms with E-state index in [1.165, 1.54) is 6.33 Å². The maximum atomic E-state index is 12.4. The Hall–Kier alpha value is -2.30. The van der Waals surface area contributed by atoms with Crippen molar-refractivity contribution < 1.29 is 19.0 Å². The number of imidazole rings is 1. The zero-order valence-electron chi connectivity index (χ0n) is 15.8. The molecule has 2 aromatic heterocycles. The number of aromatic amines is 1. The summed E-state index contributed by atoms with van der Waals surface area (Å²) in [7, 11) is 0. The topological polar surface area (TPSA) is 120 Å². The van der Waals surface area contributed by atoms with Crippen LogP contribution in [0.1, 0.15) is 40.8 Å². The molecule has 0 bridgehead atoms. The van der Waals surface area contributed by atoms with E-state index in [1.807, 2.05) is 20.8 Å². The third kappa shape index (κ3) is 3.03. The van der Waals surface area contributed by atoms with Crippen molar-refractivity contribution in [2.75, 3.05) is 5.32 Å². The van der Waals surface area contributed by atoms with E-state index in [9.17, 15) is 9.59 Å². The van der Waals surface area contributed by atoms with E-state index >= 15 is 0 Å². The Morgan fingerprint density at radius 2 is 2.04 bits per heavy atom. The molecule has 2 aliphatic heterocycles. The van der Waals surface area contributed by atoms with Crippen molar-refractivity contribution in [2.24, 2.45) is 5.92 Å². The fourth-order valence-electron chi connectivity index (χ4n) is 3.43. The SMILES string of the molecule is CC(C)C(=O)Nc1nc2c(ncn2[C@@H]2O[C@H](C)[C@H]3OC(C)(C)O[C@H]32)c(=O)[nH]1. The molecule has 0 aliphatic carbocycles. The van der Waals surface area contributed by atoms with E-state index < -0.39 is 17.6 Å². The quantitative estimate of drug-likeness (QED) is 0.823. The molecule has 27 heavy (non-hydrogen) atoms. The molecule has 2 fully saturated rings. The van der Waals surface area contributed by atoms with Gasteiger partial charge in [-0.15, -0.1) is 0 Å². The summed E-state index contributed by atoms with van der Waals surface area (Å²) >= 11 is 0. The number of nitrogens with one attached hydrogen (secondary N) is 2. The second-order valence-electron chi connectivity index (χ2n) is 7.68. The summed E-state index contributed by atoms with van der Waals surface area (Å²) in [4.78, 5) is 35.4. The van der Waals surface area contributed by atoms with Crippen molar-refractivity contribution >= 4 is 23.0 Å². The third-order valence-corrected chi connectivity index (χ3v) is 4.73. The van der Waals surface area contributed by atoms with Crippen LogP contribution >= 0.6 is 0 Å². The van der Waals surface area contributed by atoms with Gasteiger partial charge in [0.05, 0.1) is 12.4 Å². The normalized spacial score (nSPS) is 29.4. The molecule has 2 aromatic rings. The van der Waals surface area contributed by atoms with Gasteiger partial charge in [-0.05, 0) is 20.8 Å². The summed E-state index contributed by atoms with van der Waals surface area (Å²) in [5.41, 5.74) is 0.0312. The lowest BCUT2D eigenvalue weighted by atomic mass is 10.1. The molecule has 10 heteroatoms. The van der Waals surface area contributed by atoms with Crippen LogP contribution in [0.3, 0.4) is 0 Å². The molecule has 2 aliphatic rings. The minimum absolute atomic E-state index is 0.0689. The summed E-state index contributed by atoms with van der Waals surface area (Å²) in [6.45, 7) is 9.12. The van der Waals surface area contributed by atoms with Gasteiger partial charge >= 0.3 is 0 Å². The largest absolute Gasteiger partial charge is 0.349 e. The average Bonchev–Trinajstić information content (AvgIpc) is 3.20. The first-order valence-electron chi connectivity index (χ1n) is 8.95. The molecule has 4 atom stereocenters. The number of nitrogens with zero attached hydrogens (tertiary/aromatic N) is 3. The molecule has 0 aromatic carbocycles. The summed E-state index contributed by atoms with van der Waals surface area (Å²) in [6, 6.07) is 0. The zero-order valence-corrected chi connectivity index (χ0v) is 15.8. The Labute approximate surface area is 155 Å². The second kappa shape index (κ2) is 6.11. The number of hydrogen-bond donors (Lipinski definition) is 2. The number of amides is 1. The van der Waals surface area contributed by atoms with Gasteiger partial charge in [0.2, 0.25) is 11.9 Å². The molecule has 1 amide bonds. The van der Waals surface area contributed by atoms with Crippen molar-refractivity contribution in [3.8, 4) is 0 Å². The van der Waals surface area contributed by atoms with Gasteiger partial charge in [0, 0.05) is 5.92 Å². The molecule has 10 nitrogen and oxygen atoms in total. The lowest BCUT2D eigenvalue weighted by Gasteiger charge is -2.23. The molecule has 4 heterocycles. The second-order valence-corrected chi connectivity index (χ2v) is 7.68. The van der Waals surface area contributed by atoms with Crippen LogP contribution in [-0.4, -0.2) is 49.5 Å². The van der Waals surface area contributed by atoms with Crippen LogP contribution in [0.2, 0.25) is 0 Å². The highest BCUT2D eigenvalue weighted by Gasteiger charge is 2.54. The Kier molecular flexibility index (Phi) is 4.09. The standard InChI is InChI=1S/C17H23N5O5/c1-7(2)13(23)20-16-19-12-9(14(24)21-16)18-6-22(12)15-11-10(8(3)25-15)26-17(4,5)27-11/h6-8,10-11,15H,1-5H3,(H2,19,20,21,23,24)/t8-,10-,11-,15-/m1/s1. The number of aromatic nitrogens is 4. The highest BCUT2D eigenvalue weighted by molar-refractivity contribution is 5.91. The molecule has 2 N–H and O–H groups in total. The molecular weight excluding hydrogens is 354 g/mol. The van der Waals surface area contributed by atoms with Gasteiger partial charge in [0.25, 0.3) is 5.56 Å². The highest BCUT2D eigenvalue weighted by atomic mass is 16.8. The minimum Gasteiger partial charge on any atom is -0.349 e. The van der Waals surface area contributed by atoms with E-state index in [2.05, 4.69) is 20.3 Å². The molecule has 146 valence electrons. The molecule has 4 rings (SSSR count). The van der Waals surface area contributed by atoms with Crippen molar-refractivity contribution in [2.45, 2.75) is 64.9 Å². The van der Waals surface area contributed by atoms with Crippen molar-refractivity contribution in [3.05, 3.63) is 16.7 Å². The van der Waals surface area contributed by atoms with Gasteiger partial charge in [-0.25, -0.2) is 4.98 Å². The molecular formula is C17H23N5O5. The maximum Gasteiger partial charge on any atom is 0.280 e. The average molecular weight is 377 g/mol.